The molecule has 2 rings (SSSR count). The number of carboxylic acid groups (broad SMARTS) is 1. The molecule has 0 atom stereocenters. The number of carbonyl (C=O) groups excluding carboxylic acids is 1. The van der Waals surface area contributed by atoms with Gasteiger partial charge in [-0.1, -0.05) is 6.07 Å². The van der Waals surface area contributed by atoms with E-state index in [0.717, 1.165) is 0 Å². The number of aromatic carboxylic acids is 1. The lowest BCUT2D eigenvalue weighted by molar-refractivity contribution is -0.110. The smallest absolute Gasteiger partial charge is 0.337 e. The van der Waals surface area contributed by atoms with E-state index in [1.165, 1.54) is 18.2 Å². The van der Waals surface area contributed by atoms with Gasteiger partial charge >= 0.3 is 5.97 Å². The zero-order valence-electron chi connectivity index (χ0n) is 7.93. The van der Waals surface area contributed by atoms with Crippen molar-refractivity contribution in [3.63, 3.8) is 0 Å². The number of nitrogens with one attached hydrogen (secondary N) is 1. The maximum absolute atomic E-state index is 11.6. The summed E-state index contributed by atoms with van der Waals surface area (Å²) in [4.78, 5) is 21.7. The first-order valence-corrected chi connectivity index (χ1v) is 5.81. The van der Waals surface area contributed by atoms with E-state index in [1.807, 2.05) is 0 Å². The topological polar surface area (TPSA) is 101 Å². The van der Waals surface area contributed by atoms with Crippen molar-refractivity contribution in [3.05, 3.63) is 23.8 Å². The van der Waals surface area contributed by atoms with Crippen LogP contribution < -0.4 is 5.32 Å². The van der Waals surface area contributed by atoms with E-state index in [4.69, 9.17) is 5.11 Å². The standard InChI is InChI=1S/C9H7NO5S/c11-7-4-10-8-5(9(12)13)2-1-3-6(8)16(7,14)15/h1-3,10H,4H2,(H,12,13). The second kappa shape index (κ2) is 3.31. The van der Waals surface area contributed by atoms with Crippen LogP contribution in [0, 0.1) is 0 Å². The Balaban J connectivity index is 2.77. The van der Waals surface area contributed by atoms with Crippen LogP contribution in [0.3, 0.4) is 0 Å². The maximum Gasteiger partial charge on any atom is 0.337 e. The summed E-state index contributed by atoms with van der Waals surface area (Å²) in [6, 6.07) is 3.78. The fraction of sp³-hybridized carbons (Fsp3) is 0.111. The molecular weight excluding hydrogens is 234 g/mol. The summed E-state index contributed by atoms with van der Waals surface area (Å²) in [6.45, 7) is -0.403. The van der Waals surface area contributed by atoms with E-state index >= 15 is 0 Å². The number of rotatable bonds is 1. The molecule has 6 nitrogen and oxygen atoms in total. The molecule has 0 bridgehead atoms. The van der Waals surface area contributed by atoms with Gasteiger partial charge in [-0.05, 0) is 12.1 Å². The Labute approximate surface area is 90.8 Å². The molecule has 1 aliphatic heterocycles. The van der Waals surface area contributed by atoms with Crippen LogP contribution in [0.25, 0.3) is 0 Å². The molecule has 0 aliphatic carbocycles. The Morgan fingerprint density at radius 2 is 2.06 bits per heavy atom. The van der Waals surface area contributed by atoms with E-state index in [0.29, 0.717) is 0 Å². The molecule has 0 saturated heterocycles. The number of carbonyl (C=O) groups is 2. The molecule has 16 heavy (non-hydrogen) atoms. The van der Waals surface area contributed by atoms with Gasteiger partial charge in [0.1, 0.15) is 0 Å². The van der Waals surface area contributed by atoms with Gasteiger partial charge in [-0.3, -0.25) is 4.79 Å². The average molecular weight is 241 g/mol. The molecule has 1 aromatic rings. The average Bonchev–Trinajstić information content (AvgIpc) is 2.23. The molecule has 0 aromatic heterocycles. The molecular formula is C9H7NO5S. The summed E-state index contributed by atoms with van der Waals surface area (Å²) < 4.78 is 23.2. The number of carboxylic acids is 1. The van der Waals surface area contributed by atoms with Crippen LogP contribution >= 0.6 is 0 Å². The summed E-state index contributed by atoms with van der Waals surface area (Å²) in [7, 11) is -4.04. The van der Waals surface area contributed by atoms with Crippen molar-refractivity contribution >= 4 is 26.6 Å². The number of anilines is 1. The summed E-state index contributed by atoms with van der Waals surface area (Å²) in [5, 5.41) is 10.4. The molecule has 2 N–H and O–H groups in total. The molecule has 0 unspecified atom stereocenters. The largest absolute Gasteiger partial charge is 0.478 e. The lowest BCUT2D eigenvalue weighted by atomic mass is 10.2. The molecule has 7 heteroatoms. The Morgan fingerprint density at radius 1 is 1.38 bits per heavy atom. The number of hydrogen-bond donors (Lipinski definition) is 2. The summed E-state index contributed by atoms with van der Waals surface area (Å²) in [5.41, 5.74) is -0.178. The first kappa shape index (κ1) is 10.6. The molecule has 84 valence electrons. The highest BCUT2D eigenvalue weighted by Crippen LogP contribution is 2.30. The third-order valence-electron chi connectivity index (χ3n) is 2.26. The van der Waals surface area contributed by atoms with Gasteiger partial charge in [0.15, 0.2) is 0 Å². The zero-order chi connectivity index (χ0) is 11.9. The summed E-state index contributed by atoms with van der Waals surface area (Å²) in [5.74, 6) is -1.24. The second-order valence-electron chi connectivity index (χ2n) is 3.21. The van der Waals surface area contributed by atoms with Gasteiger partial charge < -0.3 is 10.4 Å². The molecule has 1 aliphatic rings. The van der Waals surface area contributed by atoms with Crippen LogP contribution in [0.1, 0.15) is 10.4 Å². The van der Waals surface area contributed by atoms with Crippen LogP contribution in [0.15, 0.2) is 23.1 Å². The minimum absolute atomic E-state index is 0.0189. The highest BCUT2D eigenvalue weighted by atomic mass is 32.2. The van der Waals surface area contributed by atoms with Crippen molar-refractivity contribution in [2.45, 2.75) is 4.90 Å². The molecule has 1 aromatic carbocycles. The minimum Gasteiger partial charge on any atom is -0.478 e. The predicted octanol–water partition coefficient (Wildman–Crippen LogP) is 0.111. The van der Waals surface area contributed by atoms with Gasteiger partial charge in [-0.25, -0.2) is 13.2 Å². The summed E-state index contributed by atoms with van der Waals surface area (Å²) >= 11 is 0. The van der Waals surface area contributed by atoms with Gasteiger partial charge in [0.05, 0.1) is 22.7 Å². The molecule has 0 radical (unpaired) electrons. The van der Waals surface area contributed by atoms with Crippen molar-refractivity contribution < 1.29 is 23.1 Å². The Bertz CT molecular complexity index is 590. The SMILES string of the molecule is O=C(O)c1cccc2c1NCC(=O)S2(=O)=O. The maximum atomic E-state index is 11.6. The molecule has 0 saturated carbocycles. The minimum atomic E-state index is -4.04. The quantitative estimate of drug-likeness (QED) is 0.723. The van der Waals surface area contributed by atoms with Crippen molar-refractivity contribution in [2.24, 2.45) is 0 Å². The highest BCUT2D eigenvalue weighted by Gasteiger charge is 2.33. The third-order valence-corrected chi connectivity index (χ3v) is 3.92. The zero-order valence-corrected chi connectivity index (χ0v) is 8.74. The van der Waals surface area contributed by atoms with Crippen LogP contribution in [0.4, 0.5) is 5.69 Å². The van der Waals surface area contributed by atoms with E-state index in [9.17, 15) is 18.0 Å². The normalized spacial score (nSPS) is 17.4. The van der Waals surface area contributed by atoms with Crippen LogP contribution in [0.2, 0.25) is 0 Å². The lowest BCUT2D eigenvalue weighted by Crippen LogP contribution is -2.30. The number of fused-ring (bicyclic) bond motifs is 1. The second-order valence-corrected chi connectivity index (χ2v) is 5.11. The molecule has 0 spiro atoms. The fourth-order valence-corrected chi connectivity index (χ4v) is 2.71. The van der Waals surface area contributed by atoms with Crippen LogP contribution in [-0.2, 0) is 14.6 Å². The monoisotopic (exact) mass is 241 g/mol. The van der Waals surface area contributed by atoms with Crippen molar-refractivity contribution in [1.29, 1.82) is 0 Å². The Kier molecular flexibility index (Phi) is 2.20. The molecule has 0 fully saturated rings. The first-order chi connectivity index (χ1) is 7.44. The number of benzene rings is 1. The number of sulfone groups is 1. The number of para-hydroxylation sites is 1. The fourth-order valence-electron chi connectivity index (χ4n) is 1.49. The van der Waals surface area contributed by atoms with E-state index in [-0.39, 0.29) is 16.1 Å². The van der Waals surface area contributed by atoms with Crippen LogP contribution in [0.5, 0.6) is 0 Å². The van der Waals surface area contributed by atoms with E-state index in [2.05, 4.69) is 5.32 Å². The Hall–Kier alpha value is -1.89. The predicted molar refractivity (Wildman–Crippen MR) is 54.1 cm³/mol. The lowest BCUT2D eigenvalue weighted by Gasteiger charge is -2.18. The van der Waals surface area contributed by atoms with E-state index in [1.54, 1.807) is 0 Å². The van der Waals surface area contributed by atoms with Crippen LogP contribution in [-0.4, -0.2) is 31.2 Å². The van der Waals surface area contributed by atoms with Crippen molar-refractivity contribution in [3.8, 4) is 0 Å². The van der Waals surface area contributed by atoms with Crippen molar-refractivity contribution in [2.75, 3.05) is 11.9 Å². The van der Waals surface area contributed by atoms with Gasteiger partial charge in [-0.2, -0.15) is 0 Å². The van der Waals surface area contributed by atoms with E-state index < -0.39 is 27.5 Å². The highest BCUT2D eigenvalue weighted by molar-refractivity contribution is 8.06. The molecule has 0 amide bonds. The van der Waals surface area contributed by atoms with Crippen molar-refractivity contribution in [1.82, 2.24) is 0 Å². The van der Waals surface area contributed by atoms with Gasteiger partial charge in [0, 0.05) is 0 Å². The van der Waals surface area contributed by atoms with Gasteiger partial charge in [0.25, 0.3) is 5.12 Å². The Morgan fingerprint density at radius 3 is 2.69 bits per heavy atom. The van der Waals surface area contributed by atoms with Gasteiger partial charge in [0.2, 0.25) is 9.84 Å². The van der Waals surface area contributed by atoms with Gasteiger partial charge in [-0.15, -0.1) is 0 Å². The first-order valence-electron chi connectivity index (χ1n) is 4.32. The summed E-state index contributed by atoms with van der Waals surface area (Å²) in [6.07, 6.45) is 0. The molecule has 1 heterocycles. The third kappa shape index (κ3) is 1.36. The number of hydrogen-bond acceptors (Lipinski definition) is 5.